The van der Waals surface area contributed by atoms with Crippen LogP contribution < -0.4 is 25.8 Å². The molecule has 0 spiro atoms. The molecule has 1 aromatic rings. The molecular weight excluding hydrogens is 330 g/mol. The number of ether oxygens (including phenoxy) is 3. The zero-order valence-electron chi connectivity index (χ0n) is 14.0. The maximum atomic E-state index is 12.1. The molecule has 25 heavy (non-hydrogen) atoms. The van der Waals surface area contributed by atoms with Crippen molar-refractivity contribution in [1.82, 2.24) is 10.6 Å². The first-order valence-corrected chi connectivity index (χ1v) is 7.33. The van der Waals surface area contributed by atoms with Gasteiger partial charge in [-0.3, -0.25) is 4.79 Å². The lowest BCUT2D eigenvalue weighted by Crippen LogP contribution is -2.45. The molecule has 4 N–H and O–H groups in total. The highest BCUT2D eigenvalue weighted by Gasteiger charge is 2.32. The van der Waals surface area contributed by atoms with E-state index in [1.54, 1.807) is 25.1 Å². The molecule has 134 valence electrons. The van der Waals surface area contributed by atoms with Crippen molar-refractivity contribution in [3.8, 4) is 11.5 Å². The number of amides is 3. The van der Waals surface area contributed by atoms with E-state index in [1.165, 1.54) is 14.2 Å². The van der Waals surface area contributed by atoms with Gasteiger partial charge in [-0.05, 0) is 24.6 Å². The number of urea groups is 1. The molecule has 0 saturated heterocycles. The van der Waals surface area contributed by atoms with E-state index in [4.69, 9.17) is 19.9 Å². The Morgan fingerprint density at radius 3 is 2.56 bits per heavy atom. The molecule has 2 rings (SSSR count). The molecule has 0 aliphatic carbocycles. The number of rotatable bonds is 6. The molecule has 0 unspecified atom stereocenters. The first-order chi connectivity index (χ1) is 11.9. The van der Waals surface area contributed by atoms with Gasteiger partial charge in [0.1, 0.15) is 0 Å². The fourth-order valence-electron chi connectivity index (χ4n) is 2.46. The summed E-state index contributed by atoms with van der Waals surface area (Å²) in [6.45, 7) is 1.31. The number of hydrogen-bond donors (Lipinski definition) is 3. The zero-order chi connectivity index (χ0) is 18.6. The number of nitrogens with one attached hydrogen (secondary N) is 2. The van der Waals surface area contributed by atoms with Crippen molar-refractivity contribution < 1.29 is 28.6 Å². The highest BCUT2D eigenvalue weighted by atomic mass is 16.5. The fourth-order valence-corrected chi connectivity index (χ4v) is 2.46. The Balaban J connectivity index is 2.41. The average Bonchev–Trinajstić information content (AvgIpc) is 2.58. The summed E-state index contributed by atoms with van der Waals surface area (Å²) in [6, 6.07) is 3.65. The maximum absolute atomic E-state index is 12.1. The standard InChI is InChI=1S/C16H19N3O6/c1-8-13(15(21)24-3)14(19-16(22)18-8)9-4-5-10(11(6-9)23-2)25-7-12(17)20/h4-6,14H,7H2,1-3H3,(H2,17,20)(H2,18,19,22)/t14-/m1/s1. The van der Waals surface area contributed by atoms with E-state index in [1.807, 2.05) is 0 Å². The monoisotopic (exact) mass is 349 g/mol. The Labute approximate surface area is 144 Å². The molecule has 1 aliphatic heterocycles. The van der Waals surface area contributed by atoms with E-state index < -0.39 is 23.9 Å². The number of primary amides is 1. The van der Waals surface area contributed by atoms with Crippen LogP contribution in [0.3, 0.4) is 0 Å². The van der Waals surface area contributed by atoms with E-state index in [2.05, 4.69) is 10.6 Å². The third-order valence-corrected chi connectivity index (χ3v) is 3.57. The van der Waals surface area contributed by atoms with E-state index >= 15 is 0 Å². The van der Waals surface area contributed by atoms with Crippen LogP contribution >= 0.6 is 0 Å². The van der Waals surface area contributed by atoms with Crippen LogP contribution in [0.1, 0.15) is 18.5 Å². The highest BCUT2D eigenvalue weighted by Crippen LogP contribution is 2.34. The third kappa shape index (κ3) is 4.00. The minimum absolute atomic E-state index is 0.273. The number of hydrogen-bond acceptors (Lipinski definition) is 6. The summed E-state index contributed by atoms with van der Waals surface area (Å²) in [7, 11) is 2.69. The maximum Gasteiger partial charge on any atom is 0.337 e. The summed E-state index contributed by atoms with van der Waals surface area (Å²) in [5, 5.41) is 5.21. The van der Waals surface area contributed by atoms with Gasteiger partial charge in [0, 0.05) is 5.70 Å². The Hall–Kier alpha value is -3.23. The largest absolute Gasteiger partial charge is 0.493 e. The van der Waals surface area contributed by atoms with Gasteiger partial charge in [0.15, 0.2) is 18.1 Å². The van der Waals surface area contributed by atoms with Crippen LogP contribution in [-0.2, 0) is 14.3 Å². The SMILES string of the molecule is COC(=O)C1=C(C)NC(=O)N[C@@H]1c1ccc(OCC(N)=O)c(OC)c1. The van der Waals surface area contributed by atoms with Crippen molar-refractivity contribution in [2.75, 3.05) is 20.8 Å². The van der Waals surface area contributed by atoms with Crippen molar-refractivity contribution in [1.29, 1.82) is 0 Å². The molecule has 0 saturated carbocycles. The number of nitrogens with two attached hydrogens (primary N) is 1. The lowest BCUT2D eigenvalue weighted by Gasteiger charge is -2.28. The minimum Gasteiger partial charge on any atom is -0.493 e. The van der Waals surface area contributed by atoms with Crippen molar-refractivity contribution in [3.05, 3.63) is 35.0 Å². The average molecular weight is 349 g/mol. The molecular formula is C16H19N3O6. The molecule has 9 heteroatoms. The van der Waals surface area contributed by atoms with Gasteiger partial charge in [0.05, 0.1) is 25.8 Å². The Kier molecular flexibility index (Phi) is 5.48. The molecule has 9 nitrogen and oxygen atoms in total. The molecule has 1 atom stereocenters. The summed E-state index contributed by atoms with van der Waals surface area (Å²) in [4.78, 5) is 34.7. The number of methoxy groups -OCH3 is 2. The summed E-state index contributed by atoms with van der Waals surface area (Å²) >= 11 is 0. The quantitative estimate of drug-likeness (QED) is 0.636. The van der Waals surface area contributed by atoms with Gasteiger partial charge in [-0.2, -0.15) is 0 Å². The normalized spacial score (nSPS) is 16.6. The van der Waals surface area contributed by atoms with Gasteiger partial charge in [0.2, 0.25) is 0 Å². The first kappa shape index (κ1) is 18.1. The van der Waals surface area contributed by atoms with Crippen molar-refractivity contribution >= 4 is 17.9 Å². The zero-order valence-corrected chi connectivity index (χ0v) is 14.0. The summed E-state index contributed by atoms with van der Waals surface area (Å²) < 4.78 is 15.3. The van der Waals surface area contributed by atoms with Crippen LogP contribution in [0.2, 0.25) is 0 Å². The molecule has 0 radical (unpaired) electrons. The Bertz CT molecular complexity index is 743. The lowest BCUT2D eigenvalue weighted by atomic mass is 9.95. The predicted molar refractivity (Wildman–Crippen MR) is 86.8 cm³/mol. The van der Waals surface area contributed by atoms with Crippen LogP contribution in [0.25, 0.3) is 0 Å². The number of carbonyl (C=O) groups excluding carboxylic acids is 3. The molecule has 1 aliphatic rings. The van der Waals surface area contributed by atoms with Gasteiger partial charge in [-0.1, -0.05) is 6.07 Å². The summed E-state index contributed by atoms with van der Waals surface area (Å²) in [5.41, 5.74) is 6.31. The van der Waals surface area contributed by atoms with E-state index in [9.17, 15) is 14.4 Å². The van der Waals surface area contributed by atoms with Crippen LogP contribution in [0.5, 0.6) is 11.5 Å². The van der Waals surface area contributed by atoms with Crippen molar-refractivity contribution in [3.63, 3.8) is 0 Å². The highest BCUT2D eigenvalue weighted by molar-refractivity contribution is 5.95. The molecule has 3 amide bonds. The topological polar surface area (TPSA) is 129 Å². The van der Waals surface area contributed by atoms with E-state index in [0.29, 0.717) is 22.8 Å². The minimum atomic E-state index is -0.722. The summed E-state index contributed by atoms with van der Waals surface area (Å²) in [5.74, 6) is -0.551. The number of allylic oxidation sites excluding steroid dienone is 1. The molecule has 0 fully saturated rings. The van der Waals surface area contributed by atoms with Gasteiger partial charge in [-0.25, -0.2) is 9.59 Å². The lowest BCUT2D eigenvalue weighted by molar-refractivity contribution is -0.136. The van der Waals surface area contributed by atoms with Crippen molar-refractivity contribution in [2.45, 2.75) is 13.0 Å². The van der Waals surface area contributed by atoms with Gasteiger partial charge in [0.25, 0.3) is 5.91 Å². The molecule has 0 bridgehead atoms. The number of carbonyl (C=O) groups is 3. The molecule has 1 aromatic carbocycles. The second-order valence-electron chi connectivity index (χ2n) is 5.23. The van der Waals surface area contributed by atoms with E-state index in [0.717, 1.165) is 0 Å². The third-order valence-electron chi connectivity index (χ3n) is 3.57. The number of benzene rings is 1. The fraction of sp³-hybridized carbons (Fsp3) is 0.312. The van der Waals surface area contributed by atoms with E-state index in [-0.39, 0.29) is 12.2 Å². The summed E-state index contributed by atoms with van der Waals surface area (Å²) in [6.07, 6.45) is 0. The van der Waals surface area contributed by atoms with Gasteiger partial charge >= 0.3 is 12.0 Å². The van der Waals surface area contributed by atoms with Crippen LogP contribution in [0.4, 0.5) is 4.79 Å². The van der Waals surface area contributed by atoms with Gasteiger partial charge < -0.3 is 30.6 Å². The van der Waals surface area contributed by atoms with Gasteiger partial charge in [-0.15, -0.1) is 0 Å². The van der Waals surface area contributed by atoms with Crippen molar-refractivity contribution in [2.24, 2.45) is 5.73 Å². The second-order valence-corrected chi connectivity index (χ2v) is 5.23. The molecule has 1 heterocycles. The Morgan fingerprint density at radius 1 is 1.24 bits per heavy atom. The first-order valence-electron chi connectivity index (χ1n) is 7.33. The molecule has 0 aromatic heterocycles. The van der Waals surface area contributed by atoms with Crippen LogP contribution in [0.15, 0.2) is 29.5 Å². The van der Waals surface area contributed by atoms with Crippen LogP contribution in [-0.4, -0.2) is 38.7 Å². The number of esters is 1. The van der Waals surface area contributed by atoms with Crippen LogP contribution in [0, 0.1) is 0 Å². The smallest absolute Gasteiger partial charge is 0.337 e. The second kappa shape index (κ2) is 7.56. The Morgan fingerprint density at radius 2 is 1.96 bits per heavy atom. The predicted octanol–water partition coefficient (Wildman–Crippen LogP) is 0.360.